The molecule has 11 nitrogen and oxygen atoms in total. The first kappa shape index (κ1) is 30.8. The Morgan fingerprint density at radius 1 is 1.10 bits per heavy atom. The maximum atomic E-state index is 12.3. The smallest absolute Gasteiger partial charge is 0.319 e. The van der Waals surface area contributed by atoms with E-state index in [0.717, 1.165) is 32.7 Å². The van der Waals surface area contributed by atoms with Crippen LogP contribution in [0.1, 0.15) is 11.3 Å². The number of aliphatic hydroxyl groups excluding tert-OH is 1. The topological polar surface area (TPSA) is 123 Å². The standard InChI is InChI=1S/C28H35BrClN7O4S/c1-31-28(39)32-24-5-3-4-23(30)27(24)35-14-12-34(13-15-35)16-21(38)17-37-25-10-11-36(42(2,40)41)18-22(25)26(33-37)19-6-8-20(29)9-7-19/h3-9,21,38H,10-18H2,1-2H3,(H2,31,32,39). The molecule has 3 aromatic rings. The van der Waals surface area contributed by atoms with Gasteiger partial charge in [-0.25, -0.2) is 13.2 Å². The maximum absolute atomic E-state index is 12.3. The molecule has 3 heterocycles. The average molecular weight is 681 g/mol. The molecule has 0 aliphatic carbocycles. The van der Waals surface area contributed by atoms with Crippen LogP contribution in [0.5, 0.6) is 0 Å². The number of benzene rings is 2. The third-order valence-electron chi connectivity index (χ3n) is 7.69. The van der Waals surface area contributed by atoms with Crippen molar-refractivity contribution in [3.05, 3.63) is 63.2 Å². The Bertz CT molecular complexity index is 1540. The highest BCUT2D eigenvalue weighted by molar-refractivity contribution is 9.10. The molecule has 14 heteroatoms. The van der Waals surface area contributed by atoms with E-state index in [-0.39, 0.29) is 12.6 Å². The van der Waals surface area contributed by atoms with Gasteiger partial charge in [-0.15, -0.1) is 0 Å². The fourth-order valence-electron chi connectivity index (χ4n) is 5.57. The number of aliphatic hydroxyl groups is 1. The van der Waals surface area contributed by atoms with Crippen LogP contribution in [0.25, 0.3) is 11.3 Å². The van der Waals surface area contributed by atoms with E-state index in [2.05, 4.69) is 36.4 Å². The Balaban J connectivity index is 1.27. The van der Waals surface area contributed by atoms with Gasteiger partial charge in [0, 0.05) is 80.6 Å². The number of amides is 2. The van der Waals surface area contributed by atoms with E-state index in [1.165, 1.54) is 10.6 Å². The number of anilines is 2. The van der Waals surface area contributed by atoms with Crippen molar-refractivity contribution in [1.29, 1.82) is 0 Å². The number of rotatable bonds is 8. The lowest BCUT2D eigenvalue weighted by Crippen LogP contribution is -2.49. The zero-order valence-electron chi connectivity index (χ0n) is 23.6. The first-order valence-electron chi connectivity index (χ1n) is 13.8. The van der Waals surface area contributed by atoms with Crippen LogP contribution in [0.3, 0.4) is 0 Å². The number of hydrogen-bond donors (Lipinski definition) is 3. The van der Waals surface area contributed by atoms with Gasteiger partial charge in [-0.3, -0.25) is 9.58 Å². The van der Waals surface area contributed by atoms with Gasteiger partial charge in [-0.2, -0.15) is 9.40 Å². The molecule has 0 saturated carbocycles. The molecule has 5 rings (SSSR count). The molecule has 0 spiro atoms. The number of halogens is 2. The predicted octanol–water partition coefficient (Wildman–Crippen LogP) is 3.22. The number of para-hydroxylation sites is 1. The number of carbonyl (C=O) groups excluding carboxylic acids is 1. The molecule has 1 atom stereocenters. The van der Waals surface area contributed by atoms with Gasteiger partial charge in [0.25, 0.3) is 0 Å². The van der Waals surface area contributed by atoms with Gasteiger partial charge < -0.3 is 20.6 Å². The van der Waals surface area contributed by atoms with Crippen LogP contribution in [0.15, 0.2) is 46.9 Å². The van der Waals surface area contributed by atoms with Crippen molar-refractivity contribution >= 4 is 55.0 Å². The third kappa shape index (κ3) is 6.92. The minimum Gasteiger partial charge on any atom is -0.390 e. The van der Waals surface area contributed by atoms with Crippen LogP contribution in [-0.2, 0) is 29.5 Å². The quantitative estimate of drug-likeness (QED) is 0.334. The van der Waals surface area contributed by atoms with E-state index in [4.69, 9.17) is 16.7 Å². The molecule has 226 valence electrons. The number of nitrogens with one attached hydrogen (secondary N) is 2. The number of carbonyl (C=O) groups is 1. The number of sulfonamides is 1. The van der Waals surface area contributed by atoms with Gasteiger partial charge in [0.1, 0.15) is 0 Å². The molecule has 3 N–H and O–H groups in total. The van der Waals surface area contributed by atoms with E-state index >= 15 is 0 Å². The van der Waals surface area contributed by atoms with Crippen LogP contribution in [0, 0.1) is 0 Å². The Labute approximate surface area is 259 Å². The largest absolute Gasteiger partial charge is 0.390 e. The number of nitrogens with zero attached hydrogens (tertiary/aromatic N) is 5. The van der Waals surface area contributed by atoms with Crippen LogP contribution in [0.2, 0.25) is 5.02 Å². The molecular formula is C28H35BrClN7O4S. The zero-order valence-corrected chi connectivity index (χ0v) is 26.7. The summed E-state index contributed by atoms with van der Waals surface area (Å²) in [4.78, 5) is 16.3. The Morgan fingerprint density at radius 3 is 2.48 bits per heavy atom. The third-order valence-corrected chi connectivity index (χ3v) is 9.77. The summed E-state index contributed by atoms with van der Waals surface area (Å²) in [6, 6.07) is 12.9. The van der Waals surface area contributed by atoms with Crippen LogP contribution >= 0.6 is 27.5 Å². The highest BCUT2D eigenvalue weighted by atomic mass is 79.9. The SMILES string of the molecule is CNC(=O)Nc1cccc(Cl)c1N1CCN(CC(O)Cn2nc(-c3ccc(Br)cc3)c3c2CCN(S(C)(=O)=O)C3)CC1. The summed E-state index contributed by atoms with van der Waals surface area (Å²) in [5.74, 6) is 0. The average Bonchev–Trinajstić information content (AvgIpc) is 3.31. The van der Waals surface area contributed by atoms with E-state index in [1.54, 1.807) is 13.1 Å². The lowest BCUT2D eigenvalue weighted by atomic mass is 10.0. The van der Waals surface area contributed by atoms with Crippen molar-refractivity contribution in [2.24, 2.45) is 0 Å². The number of urea groups is 1. The molecule has 0 radical (unpaired) electrons. The molecule has 0 bridgehead atoms. The second kappa shape index (κ2) is 12.9. The molecule has 42 heavy (non-hydrogen) atoms. The van der Waals surface area contributed by atoms with E-state index < -0.39 is 16.1 Å². The van der Waals surface area contributed by atoms with Gasteiger partial charge in [-0.05, 0) is 24.3 Å². The van der Waals surface area contributed by atoms with Gasteiger partial charge in [-0.1, -0.05) is 45.7 Å². The van der Waals surface area contributed by atoms with Crippen molar-refractivity contribution in [3.8, 4) is 11.3 Å². The summed E-state index contributed by atoms with van der Waals surface area (Å²) in [6.07, 6.45) is 1.09. The Morgan fingerprint density at radius 2 is 1.81 bits per heavy atom. The second-order valence-corrected chi connectivity index (χ2v) is 13.9. The van der Waals surface area contributed by atoms with Gasteiger partial charge in [0.2, 0.25) is 10.0 Å². The minimum absolute atomic E-state index is 0.260. The molecule has 2 aromatic carbocycles. The van der Waals surface area contributed by atoms with E-state index in [1.807, 2.05) is 41.1 Å². The molecule has 1 fully saturated rings. The number of hydrogen-bond acceptors (Lipinski definition) is 7. The number of β-amino-alcohol motifs (C(OH)–C–C–N with tert-alkyl or cyclic N) is 1. The van der Waals surface area contributed by atoms with Crippen molar-refractivity contribution in [1.82, 2.24) is 24.3 Å². The van der Waals surface area contributed by atoms with Crippen molar-refractivity contribution in [3.63, 3.8) is 0 Å². The summed E-state index contributed by atoms with van der Waals surface area (Å²) < 4.78 is 28.9. The van der Waals surface area contributed by atoms with Gasteiger partial charge in [0.05, 0.1) is 41.0 Å². The molecular weight excluding hydrogens is 646 g/mol. The van der Waals surface area contributed by atoms with Gasteiger partial charge >= 0.3 is 6.03 Å². The predicted molar refractivity (Wildman–Crippen MR) is 169 cm³/mol. The first-order valence-corrected chi connectivity index (χ1v) is 16.8. The molecule has 2 aliphatic rings. The van der Waals surface area contributed by atoms with E-state index in [0.29, 0.717) is 62.9 Å². The summed E-state index contributed by atoms with van der Waals surface area (Å²) >= 11 is 10.0. The number of fused-ring (bicyclic) bond motifs is 1. The Hall–Kier alpha value is -2.68. The van der Waals surface area contributed by atoms with Crippen LogP contribution in [-0.4, -0.2) is 97.2 Å². The number of piperazine rings is 1. The molecule has 1 saturated heterocycles. The minimum atomic E-state index is -3.35. The second-order valence-electron chi connectivity index (χ2n) is 10.6. The molecule has 2 amide bonds. The Kier molecular flexibility index (Phi) is 9.45. The summed E-state index contributed by atoms with van der Waals surface area (Å²) in [6.45, 7) is 4.22. The van der Waals surface area contributed by atoms with E-state index in [9.17, 15) is 18.3 Å². The monoisotopic (exact) mass is 679 g/mol. The lowest BCUT2D eigenvalue weighted by Gasteiger charge is -2.38. The number of aromatic nitrogens is 2. The highest BCUT2D eigenvalue weighted by Gasteiger charge is 2.31. The maximum Gasteiger partial charge on any atom is 0.319 e. The van der Waals surface area contributed by atoms with Gasteiger partial charge in [0.15, 0.2) is 0 Å². The first-order chi connectivity index (χ1) is 20.0. The summed E-state index contributed by atoms with van der Waals surface area (Å²) in [7, 11) is -1.78. The highest BCUT2D eigenvalue weighted by Crippen LogP contribution is 2.35. The summed E-state index contributed by atoms with van der Waals surface area (Å²) in [5, 5.41) is 22.0. The summed E-state index contributed by atoms with van der Waals surface area (Å²) in [5.41, 5.74) is 4.93. The van der Waals surface area contributed by atoms with Crippen LogP contribution in [0.4, 0.5) is 16.2 Å². The molecule has 2 aliphatic heterocycles. The van der Waals surface area contributed by atoms with Crippen molar-refractivity contribution < 1.29 is 18.3 Å². The normalized spacial score (nSPS) is 17.1. The van der Waals surface area contributed by atoms with Crippen molar-refractivity contribution in [2.75, 3.05) is 62.8 Å². The molecule has 1 aromatic heterocycles. The fraction of sp³-hybridized carbons (Fsp3) is 0.429. The zero-order chi connectivity index (χ0) is 30.0. The lowest BCUT2D eigenvalue weighted by molar-refractivity contribution is 0.0911. The molecule has 1 unspecified atom stereocenters. The van der Waals surface area contributed by atoms with Crippen LogP contribution < -0.4 is 15.5 Å². The fourth-order valence-corrected chi connectivity index (χ4v) is 6.92. The van der Waals surface area contributed by atoms with Crippen molar-refractivity contribution in [2.45, 2.75) is 25.6 Å².